The van der Waals surface area contributed by atoms with Crippen molar-refractivity contribution < 1.29 is 9.90 Å². The number of hydrogen-bond acceptors (Lipinski definition) is 2. The Kier molecular flexibility index (Phi) is 4.84. The molecule has 0 aliphatic heterocycles. The molecule has 100 valence electrons. The molecule has 1 aliphatic rings. The molecule has 0 atom stereocenters. The van der Waals surface area contributed by atoms with E-state index in [1.807, 2.05) is 0 Å². The first kappa shape index (κ1) is 13.9. The van der Waals surface area contributed by atoms with Gasteiger partial charge in [0.05, 0.1) is 5.02 Å². The van der Waals surface area contributed by atoms with Crippen molar-refractivity contribution in [2.24, 2.45) is 5.92 Å². The van der Waals surface area contributed by atoms with Crippen LogP contribution in [0.3, 0.4) is 0 Å². The second-order valence-corrected chi connectivity index (χ2v) is 5.07. The van der Waals surface area contributed by atoms with Crippen molar-refractivity contribution in [1.29, 1.82) is 0 Å². The molecule has 1 aromatic rings. The van der Waals surface area contributed by atoms with Crippen molar-refractivity contribution in [3.8, 4) is 11.8 Å². The van der Waals surface area contributed by atoms with E-state index in [9.17, 15) is 4.79 Å². The maximum absolute atomic E-state index is 11.9. The van der Waals surface area contributed by atoms with Gasteiger partial charge in [0.15, 0.2) is 0 Å². The summed E-state index contributed by atoms with van der Waals surface area (Å²) in [5, 5.41) is 12.0. The molecule has 4 heteroatoms. The smallest absolute Gasteiger partial charge is 0.251 e. The van der Waals surface area contributed by atoms with Crippen LogP contribution in [-0.4, -0.2) is 24.2 Å². The molecule has 0 spiro atoms. The van der Waals surface area contributed by atoms with Gasteiger partial charge in [0.2, 0.25) is 0 Å². The van der Waals surface area contributed by atoms with Crippen LogP contribution in [0.15, 0.2) is 18.2 Å². The lowest BCUT2D eigenvalue weighted by atomic mass is 9.85. The third kappa shape index (κ3) is 3.73. The summed E-state index contributed by atoms with van der Waals surface area (Å²) in [6.45, 7) is 0.530. The largest absolute Gasteiger partial charge is 0.384 e. The Balaban J connectivity index is 1.99. The normalized spacial score (nSPS) is 14.2. The van der Waals surface area contributed by atoms with Gasteiger partial charge in [-0.05, 0) is 37.0 Å². The zero-order valence-corrected chi connectivity index (χ0v) is 11.3. The second kappa shape index (κ2) is 6.60. The molecule has 1 saturated carbocycles. The molecule has 1 aliphatic carbocycles. The predicted octanol–water partition coefficient (Wildman–Crippen LogP) is 2.21. The molecule has 0 aromatic heterocycles. The van der Waals surface area contributed by atoms with Crippen LogP contribution in [-0.2, 0) is 0 Å². The second-order valence-electron chi connectivity index (χ2n) is 4.66. The van der Waals surface area contributed by atoms with E-state index in [1.165, 1.54) is 19.3 Å². The van der Waals surface area contributed by atoms with Gasteiger partial charge in [0.1, 0.15) is 6.61 Å². The fourth-order valence-electron chi connectivity index (χ4n) is 1.93. The Morgan fingerprint density at radius 3 is 2.84 bits per heavy atom. The Bertz CT molecular complexity index is 527. The van der Waals surface area contributed by atoms with Crippen LogP contribution in [0.4, 0.5) is 0 Å². The number of hydrogen-bond donors (Lipinski definition) is 2. The van der Waals surface area contributed by atoms with Crippen LogP contribution in [0.25, 0.3) is 0 Å². The number of halogens is 1. The first-order valence-corrected chi connectivity index (χ1v) is 6.76. The van der Waals surface area contributed by atoms with E-state index < -0.39 is 0 Å². The van der Waals surface area contributed by atoms with E-state index in [0.717, 1.165) is 6.54 Å². The summed E-state index contributed by atoms with van der Waals surface area (Å²) >= 11 is 6.05. The minimum atomic E-state index is -0.208. The molecule has 19 heavy (non-hydrogen) atoms. The molecule has 0 radical (unpaired) electrons. The number of aliphatic hydroxyl groups is 1. The summed E-state index contributed by atoms with van der Waals surface area (Å²) in [6, 6.07) is 5.01. The maximum atomic E-state index is 11.9. The summed E-state index contributed by atoms with van der Waals surface area (Å²) in [5.74, 6) is 5.80. The summed E-state index contributed by atoms with van der Waals surface area (Å²) in [4.78, 5) is 11.9. The van der Waals surface area contributed by atoms with Gasteiger partial charge in [-0.3, -0.25) is 4.79 Å². The minimum Gasteiger partial charge on any atom is -0.384 e. The summed E-state index contributed by atoms with van der Waals surface area (Å²) in [6.07, 6.45) is 3.68. The van der Waals surface area contributed by atoms with Crippen molar-refractivity contribution in [3.05, 3.63) is 34.3 Å². The van der Waals surface area contributed by atoms with Gasteiger partial charge in [-0.15, -0.1) is 0 Å². The van der Waals surface area contributed by atoms with Crippen LogP contribution in [0.5, 0.6) is 0 Å². The Hall–Kier alpha value is -1.50. The fourth-order valence-corrected chi connectivity index (χ4v) is 2.16. The lowest BCUT2D eigenvalue weighted by molar-refractivity contribution is 0.0939. The van der Waals surface area contributed by atoms with Crippen molar-refractivity contribution in [3.63, 3.8) is 0 Å². The van der Waals surface area contributed by atoms with Crippen LogP contribution in [0.2, 0.25) is 5.02 Å². The average Bonchev–Trinajstić information content (AvgIpc) is 2.35. The summed E-state index contributed by atoms with van der Waals surface area (Å²) < 4.78 is 0. The van der Waals surface area contributed by atoms with Gasteiger partial charge >= 0.3 is 0 Å². The predicted molar refractivity (Wildman–Crippen MR) is 75.1 cm³/mol. The maximum Gasteiger partial charge on any atom is 0.251 e. The zero-order valence-electron chi connectivity index (χ0n) is 10.6. The van der Waals surface area contributed by atoms with Gasteiger partial charge in [-0.25, -0.2) is 0 Å². The highest BCUT2D eigenvalue weighted by molar-refractivity contribution is 6.32. The van der Waals surface area contributed by atoms with E-state index >= 15 is 0 Å². The van der Waals surface area contributed by atoms with E-state index in [4.69, 9.17) is 16.7 Å². The van der Waals surface area contributed by atoms with Crippen molar-refractivity contribution in [1.82, 2.24) is 5.32 Å². The molecule has 0 bridgehead atoms. The molecule has 0 heterocycles. The SMILES string of the molecule is O=C(NCC1CCC1)c1ccc(C#CCO)c(Cl)c1. The number of carbonyl (C=O) groups is 1. The monoisotopic (exact) mass is 277 g/mol. The van der Waals surface area contributed by atoms with Crippen LogP contribution in [0, 0.1) is 17.8 Å². The molecule has 0 unspecified atom stereocenters. The quantitative estimate of drug-likeness (QED) is 0.833. The first-order valence-electron chi connectivity index (χ1n) is 6.38. The van der Waals surface area contributed by atoms with Gasteiger partial charge < -0.3 is 10.4 Å². The van der Waals surface area contributed by atoms with Gasteiger partial charge in [-0.1, -0.05) is 29.9 Å². The van der Waals surface area contributed by atoms with Gasteiger partial charge in [0.25, 0.3) is 5.91 Å². The molecule has 2 N–H and O–H groups in total. The molecule has 2 rings (SSSR count). The number of benzene rings is 1. The average molecular weight is 278 g/mol. The molecule has 3 nitrogen and oxygen atoms in total. The third-order valence-electron chi connectivity index (χ3n) is 3.31. The standard InChI is InChI=1S/C15H16ClNO2/c16-14-9-13(7-6-12(14)5-2-8-18)15(19)17-10-11-3-1-4-11/h6-7,9,11,18H,1,3-4,8,10H2,(H,17,19). The molecule has 1 amide bonds. The topological polar surface area (TPSA) is 49.3 Å². The summed E-state index contributed by atoms with van der Waals surface area (Å²) in [5.41, 5.74) is 1.16. The van der Waals surface area contributed by atoms with Gasteiger partial charge in [0, 0.05) is 17.7 Å². The Morgan fingerprint density at radius 2 is 2.26 bits per heavy atom. The number of nitrogens with one attached hydrogen (secondary N) is 1. The van der Waals surface area contributed by atoms with Crippen molar-refractivity contribution >= 4 is 17.5 Å². The Morgan fingerprint density at radius 1 is 1.47 bits per heavy atom. The highest BCUT2D eigenvalue weighted by Gasteiger charge is 2.18. The number of amides is 1. The van der Waals surface area contributed by atoms with E-state index in [2.05, 4.69) is 17.2 Å². The van der Waals surface area contributed by atoms with Gasteiger partial charge in [-0.2, -0.15) is 0 Å². The van der Waals surface area contributed by atoms with E-state index in [1.54, 1.807) is 18.2 Å². The number of carbonyl (C=O) groups excluding carboxylic acids is 1. The number of aliphatic hydroxyl groups excluding tert-OH is 1. The fraction of sp³-hybridized carbons (Fsp3) is 0.400. The van der Waals surface area contributed by atoms with E-state index in [-0.39, 0.29) is 12.5 Å². The Labute approximate surface area is 118 Å². The van der Waals surface area contributed by atoms with Crippen LogP contribution >= 0.6 is 11.6 Å². The lowest BCUT2D eigenvalue weighted by Crippen LogP contribution is -2.32. The summed E-state index contributed by atoms with van der Waals surface area (Å²) in [7, 11) is 0. The van der Waals surface area contributed by atoms with E-state index in [0.29, 0.717) is 22.1 Å². The molecular weight excluding hydrogens is 262 g/mol. The minimum absolute atomic E-state index is 0.101. The first-order chi connectivity index (χ1) is 9.20. The molecule has 0 saturated heterocycles. The lowest BCUT2D eigenvalue weighted by Gasteiger charge is -2.25. The van der Waals surface area contributed by atoms with Crippen molar-refractivity contribution in [2.45, 2.75) is 19.3 Å². The molecule has 1 fully saturated rings. The van der Waals surface area contributed by atoms with Crippen molar-refractivity contribution in [2.75, 3.05) is 13.2 Å². The van der Waals surface area contributed by atoms with Crippen LogP contribution < -0.4 is 5.32 Å². The highest BCUT2D eigenvalue weighted by atomic mass is 35.5. The third-order valence-corrected chi connectivity index (χ3v) is 3.62. The molecule has 1 aromatic carbocycles. The number of rotatable bonds is 3. The van der Waals surface area contributed by atoms with Crippen LogP contribution in [0.1, 0.15) is 35.2 Å². The molecular formula is C15H16ClNO2. The highest BCUT2D eigenvalue weighted by Crippen LogP contribution is 2.25. The zero-order chi connectivity index (χ0) is 13.7.